The van der Waals surface area contributed by atoms with E-state index in [1.54, 1.807) is 0 Å². The van der Waals surface area contributed by atoms with E-state index in [0.29, 0.717) is 0 Å². The third-order valence-electron chi connectivity index (χ3n) is 2.55. The van der Waals surface area contributed by atoms with Crippen molar-refractivity contribution in [1.82, 2.24) is 4.90 Å². The van der Waals surface area contributed by atoms with E-state index in [0.717, 1.165) is 18.3 Å². The first kappa shape index (κ1) is 9.34. The van der Waals surface area contributed by atoms with Gasteiger partial charge in [0.25, 0.3) is 0 Å². The van der Waals surface area contributed by atoms with Gasteiger partial charge in [-0.1, -0.05) is 6.92 Å². The summed E-state index contributed by atoms with van der Waals surface area (Å²) in [6.45, 7) is 4.79. The van der Waals surface area contributed by atoms with Crippen molar-refractivity contribution in [3.63, 3.8) is 0 Å². The molecule has 1 nitrogen and oxygen atoms in total. The standard InChI is InChI=1S/C9H18ClN/c1-2-9-5-3-7-11(9)8-4-6-10/h9H,2-8H2,1H3/t9-/m1/s1. The predicted molar refractivity (Wildman–Crippen MR) is 50.2 cm³/mol. The van der Waals surface area contributed by atoms with Crippen molar-refractivity contribution in [2.24, 2.45) is 0 Å². The van der Waals surface area contributed by atoms with Crippen LogP contribution in [0.1, 0.15) is 32.6 Å². The third kappa shape index (κ3) is 2.64. The van der Waals surface area contributed by atoms with E-state index >= 15 is 0 Å². The second-order valence-electron chi connectivity index (χ2n) is 3.28. The second-order valence-corrected chi connectivity index (χ2v) is 3.66. The Bertz CT molecular complexity index is 106. The first-order chi connectivity index (χ1) is 5.38. The largest absolute Gasteiger partial charge is 0.300 e. The highest BCUT2D eigenvalue weighted by molar-refractivity contribution is 6.17. The average molecular weight is 176 g/mol. The molecule has 1 aliphatic rings. The summed E-state index contributed by atoms with van der Waals surface area (Å²) < 4.78 is 0. The summed E-state index contributed by atoms with van der Waals surface area (Å²) in [5.41, 5.74) is 0. The predicted octanol–water partition coefficient (Wildman–Crippen LogP) is 2.49. The maximum atomic E-state index is 5.64. The van der Waals surface area contributed by atoms with Crippen LogP contribution in [0.15, 0.2) is 0 Å². The number of nitrogens with zero attached hydrogens (tertiary/aromatic N) is 1. The molecule has 1 saturated heterocycles. The average Bonchev–Trinajstić information content (AvgIpc) is 2.47. The molecule has 1 aliphatic heterocycles. The van der Waals surface area contributed by atoms with E-state index in [1.807, 2.05) is 0 Å². The Morgan fingerprint density at radius 1 is 1.55 bits per heavy atom. The third-order valence-corrected chi connectivity index (χ3v) is 2.82. The van der Waals surface area contributed by atoms with Gasteiger partial charge in [0.1, 0.15) is 0 Å². The Kier molecular flexibility index (Phi) is 4.24. The van der Waals surface area contributed by atoms with Crippen LogP contribution in [0.4, 0.5) is 0 Å². The normalized spacial score (nSPS) is 26.2. The van der Waals surface area contributed by atoms with Gasteiger partial charge in [0.2, 0.25) is 0 Å². The van der Waals surface area contributed by atoms with Gasteiger partial charge in [-0.15, -0.1) is 11.6 Å². The Morgan fingerprint density at radius 3 is 3.00 bits per heavy atom. The molecule has 1 atom stereocenters. The quantitative estimate of drug-likeness (QED) is 0.594. The molecule has 0 amide bonds. The molecule has 0 N–H and O–H groups in total. The van der Waals surface area contributed by atoms with Crippen LogP contribution in [-0.4, -0.2) is 29.9 Å². The van der Waals surface area contributed by atoms with Gasteiger partial charge >= 0.3 is 0 Å². The van der Waals surface area contributed by atoms with E-state index in [-0.39, 0.29) is 0 Å². The Hall–Kier alpha value is 0.250. The molecule has 0 spiro atoms. The Balaban J connectivity index is 2.20. The van der Waals surface area contributed by atoms with Crippen molar-refractivity contribution >= 4 is 11.6 Å². The number of alkyl halides is 1. The van der Waals surface area contributed by atoms with Gasteiger partial charge in [0.15, 0.2) is 0 Å². The zero-order valence-electron chi connectivity index (χ0n) is 7.35. The maximum absolute atomic E-state index is 5.64. The van der Waals surface area contributed by atoms with Gasteiger partial charge in [-0.3, -0.25) is 0 Å². The fraction of sp³-hybridized carbons (Fsp3) is 1.00. The van der Waals surface area contributed by atoms with Crippen molar-refractivity contribution in [2.75, 3.05) is 19.0 Å². The molecular formula is C9H18ClN. The number of hydrogen-bond acceptors (Lipinski definition) is 1. The minimum atomic E-state index is 0.812. The lowest BCUT2D eigenvalue weighted by atomic mass is 10.2. The number of hydrogen-bond donors (Lipinski definition) is 0. The van der Waals surface area contributed by atoms with E-state index in [2.05, 4.69) is 11.8 Å². The molecule has 0 aromatic carbocycles. The molecule has 0 aliphatic carbocycles. The molecule has 0 unspecified atom stereocenters. The highest BCUT2D eigenvalue weighted by atomic mass is 35.5. The van der Waals surface area contributed by atoms with Gasteiger partial charge in [-0.25, -0.2) is 0 Å². The maximum Gasteiger partial charge on any atom is 0.0235 e. The molecule has 0 aromatic heterocycles. The molecule has 0 aromatic rings. The molecule has 2 heteroatoms. The van der Waals surface area contributed by atoms with Crippen LogP contribution in [0.2, 0.25) is 0 Å². The van der Waals surface area contributed by atoms with Crippen molar-refractivity contribution < 1.29 is 0 Å². The van der Waals surface area contributed by atoms with Crippen LogP contribution >= 0.6 is 11.6 Å². The molecular weight excluding hydrogens is 158 g/mol. The number of halogens is 1. The SMILES string of the molecule is CC[C@@H]1CCCN1CCCCl. The molecule has 66 valence electrons. The first-order valence-corrected chi connectivity index (χ1v) is 5.22. The van der Waals surface area contributed by atoms with E-state index in [9.17, 15) is 0 Å². The zero-order chi connectivity index (χ0) is 8.10. The van der Waals surface area contributed by atoms with Crippen LogP contribution < -0.4 is 0 Å². The highest BCUT2D eigenvalue weighted by Crippen LogP contribution is 2.19. The van der Waals surface area contributed by atoms with E-state index in [4.69, 9.17) is 11.6 Å². The second kappa shape index (κ2) is 5.00. The minimum absolute atomic E-state index is 0.812. The fourth-order valence-electron chi connectivity index (χ4n) is 1.91. The van der Waals surface area contributed by atoms with Crippen molar-refractivity contribution in [2.45, 2.75) is 38.6 Å². The lowest BCUT2D eigenvalue weighted by Gasteiger charge is -2.22. The van der Waals surface area contributed by atoms with Gasteiger partial charge in [0, 0.05) is 11.9 Å². The smallest absolute Gasteiger partial charge is 0.0235 e. The topological polar surface area (TPSA) is 3.24 Å². The molecule has 1 heterocycles. The lowest BCUT2D eigenvalue weighted by molar-refractivity contribution is 0.249. The first-order valence-electron chi connectivity index (χ1n) is 4.68. The summed E-state index contributed by atoms with van der Waals surface area (Å²) >= 11 is 5.64. The van der Waals surface area contributed by atoms with Crippen LogP contribution in [0.5, 0.6) is 0 Å². The van der Waals surface area contributed by atoms with Crippen LogP contribution in [-0.2, 0) is 0 Å². The summed E-state index contributed by atoms with van der Waals surface area (Å²) in [6, 6.07) is 0.859. The lowest BCUT2D eigenvalue weighted by Crippen LogP contribution is -2.29. The molecule has 1 fully saturated rings. The van der Waals surface area contributed by atoms with Crippen LogP contribution in [0, 0.1) is 0 Å². The summed E-state index contributed by atoms with van der Waals surface area (Å²) in [5, 5.41) is 0. The number of likely N-dealkylation sites (tertiary alicyclic amines) is 1. The summed E-state index contributed by atoms with van der Waals surface area (Å²) in [7, 11) is 0. The van der Waals surface area contributed by atoms with Gasteiger partial charge < -0.3 is 4.90 Å². The molecule has 0 radical (unpaired) electrons. The van der Waals surface area contributed by atoms with E-state index in [1.165, 1.54) is 32.4 Å². The summed E-state index contributed by atoms with van der Waals surface area (Å²) in [4.78, 5) is 2.59. The Labute approximate surface area is 74.7 Å². The molecule has 11 heavy (non-hydrogen) atoms. The minimum Gasteiger partial charge on any atom is -0.300 e. The van der Waals surface area contributed by atoms with Gasteiger partial charge in [-0.2, -0.15) is 0 Å². The van der Waals surface area contributed by atoms with Crippen LogP contribution in [0.3, 0.4) is 0 Å². The van der Waals surface area contributed by atoms with Crippen molar-refractivity contribution in [3.05, 3.63) is 0 Å². The molecule has 0 bridgehead atoms. The van der Waals surface area contributed by atoms with Gasteiger partial charge in [-0.05, 0) is 38.8 Å². The van der Waals surface area contributed by atoms with Crippen molar-refractivity contribution in [1.29, 1.82) is 0 Å². The van der Waals surface area contributed by atoms with Gasteiger partial charge in [0.05, 0.1) is 0 Å². The summed E-state index contributed by atoms with van der Waals surface area (Å²) in [5.74, 6) is 0.812. The molecule has 0 saturated carbocycles. The summed E-state index contributed by atoms with van der Waals surface area (Å²) in [6.07, 6.45) is 5.25. The molecule has 1 rings (SSSR count). The highest BCUT2D eigenvalue weighted by Gasteiger charge is 2.21. The fourth-order valence-corrected chi connectivity index (χ4v) is 2.03. The van der Waals surface area contributed by atoms with E-state index < -0.39 is 0 Å². The zero-order valence-corrected chi connectivity index (χ0v) is 8.11. The number of rotatable bonds is 4. The van der Waals surface area contributed by atoms with Crippen LogP contribution in [0.25, 0.3) is 0 Å². The monoisotopic (exact) mass is 175 g/mol. The van der Waals surface area contributed by atoms with Crippen molar-refractivity contribution in [3.8, 4) is 0 Å². The Morgan fingerprint density at radius 2 is 2.36 bits per heavy atom.